The minimum atomic E-state index is -0.0886. The molecule has 1 saturated heterocycles. The summed E-state index contributed by atoms with van der Waals surface area (Å²) in [7, 11) is 1.74. The number of carbonyl (C=O) groups excluding carboxylic acids is 1. The van der Waals surface area contributed by atoms with Crippen molar-refractivity contribution in [3.63, 3.8) is 0 Å². The zero-order valence-electron chi connectivity index (χ0n) is 10.6. The summed E-state index contributed by atoms with van der Waals surface area (Å²) in [5.41, 5.74) is 5.42. The first-order valence-electron chi connectivity index (χ1n) is 5.80. The molecule has 6 nitrogen and oxygen atoms in total. The van der Waals surface area contributed by atoms with Gasteiger partial charge in [0.05, 0.1) is 18.6 Å². The average molecular weight is 243 g/mol. The molecule has 6 heteroatoms. The highest BCUT2D eigenvalue weighted by Gasteiger charge is 2.31. The third kappa shape index (κ3) is 3.59. The number of nitrogens with zero attached hydrogens (tertiary/aromatic N) is 2. The van der Waals surface area contributed by atoms with Crippen LogP contribution >= 0.6 is 0 Å². The summed E-state index contributed by atoms with van der Waals surface area (Å²) in [6.07, 6.45) is 1.28. The van der Waals surface area contributed by atoms with Crippen molar-refractivity contribution in [2.24, 2.45) is 16.8 Å². The predicted octanol–water partition coefficient (Wildman–Crippen LogP) is 0.395. The van der Waals surface area contributed by atoms with E-state index in [1.807, 2.05) is 13.8 Å². The van der Waals surface area contributed by atoms with E-state index < -0.39 is 0 Å². The van der Waals surface area contributed by atoms with E-state index in [-0.39, 0.29) is 29.8 Å². The molecule has 1 amide bonds. The SMILES string of the molecule is CC1CC(C(=O)N(C)C(C)CC(N)=NO)CO1. The van der Waals surface area contributed by atoms with Gasteiger partial charge >= 0.3 is 0 Å². The molecular formula is C11H21N3O3. The molecule has 17 heavy (non-hydrogen) atoms. The number of amides is 1. The number of hydrogen-bond donors (Lipinski definition) is 2. The van der Waals surface area contributed by atoms with Crippen molar-refractivity contribution in [1.82, 2.24) is 4.90 Å². The van der Waals surface area contributed by atoms with E-state index in [9.17, 15) is 4.79 Å². The van der Waals surface area contributed by atoms with Gasteiger partial charge in [-0.25, -0.2) is 0 Å². The highest BCUT2D eigenvalue weighted by molar-refractivity contribution is 5.82. The van der Waals surface area contributed by atoms with E-state index in [0.717, 1.165) is 6.42 Å². The molecule has 0 radical (unpaired) electrons. The molecule has 0 aliphatic carbocycles. The minimum Gasteiger partial charge on any atom is -0.409 e. The number of carbonyl (C=O) groups is 1. The van der Waals surface area contributed by atoms with Gasteiger partial charge < -0.3 is 20.6 Å². The highest BCUT2D eigenvalue weighted by atomic mass is 16.5. The Labute approximate surface area is 101 Å². The summed E-state index contributed by atoms with van der Waals surface area (Å²) >= 11 is 0. The van der Waals surface area contributed by atoms with E-state index in [0.29, 0.717) is 13.0 Å². The van der Waals surface area contributed by atoms with Crippen molar-refractivity contribution >= 4 is 11.7 Å². The van der Waals surface area contributed by atoms with Crippen LogP contribution in [0.4, 0.5) is 0 Å². The van der Waals surface area contributed by atoms with Crippen molar-refractivity contribution in [1.29, 1.82) is 0 Å². The van der Waals surface area contributed by atoms with Gasteiger partial charge in [0.25, 0.3) is 0 Å². The molecule has 3 unspecified atom stereocenters. The monoisotopic (exact) mass is 243 g/mol. The fourth-order valence-electron chi connectivity index (χ4n) is 1.97. The van der Waals surface area contributed by atoms with Crippen LogP contribution in [0.1, 0.15) is 26.7 Å². The summed E-state index contributed by atoms with van der Waals surface area (Å²) in [5, 5.41) is 11.4. The fraction of sp³-hybridized carbons (Fsp3) is 0.818. The zero-order valence-corrected chi connectivity index (χ0v) is 10.6. The zero-order chi connectivity index (χ0) is 13.0. The van der Waals surface area contributed by atoms with Gasteiger partial charge in [0.1, 0.15) is 5.84 Å². The largest absolute Gasteiger partial charge is 0.409 e. The van der Waals surface area contributed by atoms with Crippen molar-refractivity contribution in [3.05, 3.63) is 0 Å². The quantitative estimate of drug-likeness (QED) is 0.324. The van der Waals surface area contributed by atoms with Crippen LogP contribution in [0.3, 0.4) is 0 Å². The maximum Gasteiger partial charge on any atom is 0.228 e. The molecule has 0 bridgehead atoms. The predicted molar refractivity (Wildman–Crippen MR) is 63.8 cm³/mol. The van der Waals surface area contributed by atoms with Crippen LogP contribution in [0.25, 0.3) is 0 Å². The lowest BCUT2D eigenvalue weighted by atomic mass is 10.0. The summed E-state index contributed by atoms with van der Waals surface area (Å²) in [4.78, 5) is 13.7. The molecule has 1 aliphatic rings. The Morgan fingerprint density at radius 2 is 2.35 bits per heavy atom. The summed E-state index contributed by atoms with van der Waals surface area (Å²) in [6.45, 7) is 4.32. The highest BCUT2D eigenvalue weighted by Crippen LogP contribution is 2.21. The van der Waals surface area contributed by atoms with E-state index in [4.69, 9.17) is 15.7 Å². The third-order valence-electron chi connectivity index (χ3n) is 3.19. The molecule has 0 aromatic rings. The Hall–Kier alpha value is -1.30. The molecule has 0 spiro atoms. The second-order valence-corrected chi connectivity index (χ2v) is 4.67. The Kier molecular flexibility index (Phi) is 4.74. The van der Waals surface area contributed by atoms with Gasteiger partial charge in [-0.3, -0.25) is 4.79 Å². The Morgan fingerprint density at radius 1 is 1.71 bits per heavy atom. The van der Waals surface area contributed by atoms with Gasteiger partial charge in [0.2, 0.25) is 5.91 Å². The lowest BCUT2D eigenvalue weighted by molar-refractivity contribution is -0.135. The molecule has 1 rings (SSSR count). The number of ether oxygens (including phenoxy) is 1. The molecule has 0 aromatic heterocycles. The van der Waals surface area contributed by atoms with E-state index in [1.54, 1.807) is 11.9 Å². The molecule has 1 aliphatic heterocycles. The van der Waals surface area contributed by atoms with E-state index >= 15 is 0 Å². The molecule has 98 valence electrons. The van der Waals surface area contributed by atoms with Crippen LogP contribution < -0.4 is 5.73 Å². The smallest absolute Gasteiger partial charge is 0.228 e. The van der Waals surface area contributed by atoms with Crippen molar-refractivity contribution < 1.29 is 14.7 Å². The fourth-order valence-corrected chi connectivity index (χ4v) is 1.97. The van der Waals surface area contributed by atoms with Gasteiger partial charge in [0, 0.05) is 19.5 Å². The van der Waals surface area contributed by atoms with Crippen LogP contribution in [0.15, 0.2) is 5.16 Å². The van der Waals surface area contributed by atoms with Crippen molar-refractivity contribution in [2.45, 2.75) is 38.8 Å². The molecule has 3 N–H and O–H groups in total. The summed E-state index contributed by atoms with van der Waals surface area (Å²) in [6, 6.07) is -0.0886. The molecule has 0 saturated carbocycles. The van der Waals surface area contributed by atoms with Crippen LogP contribution in [-0.4, -0.2) is 47.7 Å². The van der Waals surface area contributed by atoms with Gasteiger partial charge in [-0.1, -0.05) is 5.16 Å². The maximum atomic E-state index is 12.1. The van der Waals surface area contributed by atoms with Crippen LogP contribution in [0.2, 0.25) is 0 Å². The van der Waals surface area contributed by atoms with Crippen LogP contribution in [0, 0.1) is 5.92 Å². The number of rotatable bonds is 4. The van der Waals surface area contributed by atoms with E-state index in [1.165, 1.54) is 0 Å². The molecule has 3 atom stereocenters. The number of hydrogen-bond acceptors (Lipinski definition) is 4. The third-order valence-corrected chi connectivity index (χ3v) is 3.19. The lowest BCUT2D eigenvalue weighted by Crippen LogP contribution is -2.41. The standard InChI is InChI=1S/C11H21N3O3/c1-7(4-10(12)13-16)14(3)11(15)9-5-8(2)17-6-9/h7-9,16H,4-6H2,1-3H3,(H2,12,13). The average Bonchev–Trinajstić information content (AvgIpc) is 2.73. The van der Waals surface area contributed by atoms with E-state index in [2.05, 4.69) is 5.16 Å². The van der Waals surface area contributed by atoms with Crippen LogP contribution in [-0.2, 0) is 9.53 Å². The second kappa shape index (κ2) is 5.86. The molecular weight excluding hydrogens is 222 g/mol. The number of oxime groups is 1. The van der Waals surface area contributed by atoms with Gasteiger partial charge in [-0.2, -0.15) is 0 Å². The Morgan fingerprint density at radius 3 is 2.82 bits per heavy atom. The first kappa shape index (κ1) is 13.8. The summed E-state index contributed by atoms with van der Waals surface area (Å²) in [5.74, 6) is 0.130. The van der Waals surface area contributed by atoms with Crippen molar-refractivity contribution in [2.75, 3.05) is 13.7 Å². The molecule has 0 aromatic carbocycles. The van der Waals surface area contributed by atoms with Gasteiger partial charge in [-0.05, 0) is 20.3 Å². The lowest BCUT2D eigenvalue weighted by Gasteiger charge is -2.26. The Bertz CT molecular complexity index is 306. The first-order chi connectivity index (χ1) is 7.95. The van der Waals surface area contributed by atoms with Crippen molar-refractivity contribution in [3.8, 4) is 0 Å². The maximum absolute atomic E-state index is 12.1. The number of amidine groups is 1. The first-order valence-corrected chi connectivity index (χ1v) is 5.80. The van der Waals surface area contributed by atoms with Gasteiger partial charge in [-0.15, -0.1) is 0 Å². The molecule has 1 fully saturated rings. The topological polar surface area (TPSA) is 88.2 Å². The van der Waals surface area contributed by atoms with Crippen LogP contribution in [0.5, 0.6) is 0 Å². The second-order valence-electron chi connectivity index (χ2n) is 4.67. The molecule has 1 heterocycles. The number of nitrogens with two attached hydrogens (primary N) is 1. The summed E-state index contributed by atoms with van der Waals surface area (Å²) < 4.78 is 5.38. The van der Waals surface area contributed by atoms with Gasteiger partial charge in [0.15, 0.2) is 0 Å². The Balaban J connectivity index is 2.51. The normalized spacial score (nSPS) is 26.9. The minimum absolute atomic E-state index is 0.0626.